The van der Waals surface area contributed by atoms with Crippen molar-refractivity contribution in [2.75, 3.05) is 31.8 Å². The zero-order valence-corrected chi connectivity index (χ0v) is 11.4. The molecule has 0 rings (SSSR count). The molecule has 0 saturated carbocycles. The third-order valence-corrected chi connectivity index (χ3v) is 3.23. The Balaban J connectivity index is 3.77. The Hall–Kier alpha value is -0.750. The van der Waals surface area contributed by atoms with E-state index in [1.807, 2.05) is 13.8 Å². The lowest BCUT2D eigenvalue weighted by Crippen LogP contribution is -2.36. The van der Waals surface area contributed by atoms with Crippen LogP contribution < -0.4 is 5.32 Å². The highest BCUT2D eigenvalue weighted by Crippen LogP contribution is 2.09. The van der Waals surface area contributed by atoms with Gasteiger partial charge in [0, 0.05) is 19.4 Å². The molecule has 0 aromatic heterocycles. The van der Waals surface area contributed by atoms with Gasteiger partial charge < -0.3 is 15.2 Å². The SMILES string of the molecule is COCCSCC(=O)NCC(C(=O)O)C(C)C. The molecular weight excluding hydrogens is 242 g/mol. The summed E-state index contributed by atoms with van der Waals surface area (Å²) in [5.41, 5.74) is 0. The van der Waals surface area contributed by atoms with Crippen molar-refractivity contribution in [1.29, 1.82) is 0 Å². The lowest BCUT2D eigenvalue weighted by atomic mass is 9.96. The Labute approximate surface area is 106 Å². The summed E-state index contributed by atoms with van der Waals surface area (Å²) in [6.07, 6.45) is 0. The van der Waals surface area contributed by atoms with Gasteiger partial charge in [-0.2, -0.15) is 0 Å². The first-order chi connectivity index (χ1) is 7.99. The number of ether oxygens (including phenoxy) is 1. The molecule has 100 valence electrons. The summed E-state index contributed by atoms with van der Waals surface area (Å²) in [4.78, 5) is 22.3. The fourth-order valence-electron chi connectivity index (χ4n) is 1.19. The molecule has 2 N–H and O–H groups in total. The van der Waals surface area contributed by atoms with E-state index >= 15 is 0 Å². The molecule has 0 heterocycles. The number of amides is 1. The maximum Gasteiger partial charge on any atom is 0.308 e. The van der Waals surface area contributed by atoms with Crippen molar-refractivity contribution in [2.45, 2.75) is 13.8 Å². The molecule has 0 aliphatic rings. The number of carboxylic acids is 1. The average Bonchev–Trinajstić information content (AvgIpc) is 2.23. The second-order valence-electron chi connectivity index (χ2n) is 4.04. The molecule has 0 aliphatic heterocycles. The number of carbonyl (C=O) groups is 2. The summed E-state index contributed by atoms with van der Waals surface area (Å²) in [7, 11) is 1.61. The smallest absolute Gasteiger partial charge is 0.308 e. The van der Waals surface area contributed by atoms with E-state index in [0.717, 1.165) is 5.75 Å². The molecule has 0 spiro atoms. The van der Waals surface area contributed by atoms with Crippen LogP contribution in [0.15, 0.2) is 0 Å². The van der Waals surface area contributed by atoms with E-state index in [4.69, 9.17) is 9.84 Å². The minimum absolute atomic E-state index is 0.00828. The van der Waals surface area contributed by atoms with Crippen molar-refractivity contribution < 1.29 is 19.4 Å². The molecule has 0 saturated heterocycles. The first-order valence-electron chi connectivity index (χ1n) is 5.55. The summed E-state index contributed by atoms with van der Waals surface area (Å²) >= 11 is 1.47. The van der Waals surface area contributed by atoms with Gasteiger partial charge in [0.05, 0.1) is 18.3 Å². The number of hydrogen-bond donors (Lipinski definition) is 2. The van der Waals surface area contributed by atoms with Gasteiger partial charge in [-0.1, -0.05) is 13.8 Å². The maximum absolute atomic E-state index is 11.4. The van der Waals surface area contributed by atoms with E-state index < -0.39 is 11.9 Å². The molecular formula is C11H21NO4S. The van der Waals surface area contributed by atoms with Crippen molar-refractivity contribution in [1.82, 2.24) is 5.32 Å². The van der Waals surface area contributed by atoms with Gasteiger partial charge in [-0.05, 0) is 5.92 Å². The Bertz CT molecular complexity index is 246. The molecule has 1 amide bonds. The fourth-order valence-corrected chi connectivity index (χ4v) is 1.91. The van der Waals surface area contributed by atoms with E-state index in [0.29, 0.717) is 12.4 Å². The van der Waals surface area contributed by atoms with Crippen molar-refractivity contribution in [3.05, 3.63) is 0 Å². The van der Waals surface area contributed by atoms with Gasteiger partial charge in [-0.25, -0.2) is 0 Å². The second kappa shape index (κ2) is 9.30. The van der Waals surface area contributed by atoms with Gasteiger partial charge in [-0.15, -0.1) is 11.8 Å². The maximum atomic E-state index is 11.4. The Morgan fingerprint density at radius 2 is 2.06 bits per heavy atom. The quantitative estimate of drug-likeness (QED) is 0.603. The zero-order valence-electron chi connectivity index (χ0n) is 10.6. The summed E-state index contributed by atoms with van der Waals surface area (Å²) in [6, 6.07) is 0. The summed E-state index contributed by atoms with van der Waals surface area (Å²) in [6.45, 7) is 4.47. The van der Waals surface area contributed by atoms with Crippen LogP contribution in [0.4, 0.5) is 0 Å². The monoisotopic (exact) mass is 263 g/mol. The van der Waals surface area contributed by atoms with Crippen LogP contribution in [0.2, 0.25) is 0 Å². The Morgan fingerprint density at radius 3 is 2.53 bits per heavy atom. The molecule has 0 aromatic carbocycles. The van der Waals surface area contributed by atoms with Crippen molar-refractivity contribution in [3.63, 3.8) is 0 Å². The first-order valence-corrected chi connectivity index (χ1v) is 6.70. The molecule has 0 aromatic rings. The normalized spacial score (nSPS) is 12.5. The number of rotatable bonds is 9. The van der Waals surface area contributed by atoms with Crippen LogP contribution >= 0.6 is 11.8 Å². The summed E-state index contributed by atoms with van der Waals surface area (Å²) in [5.74, 6) is -0.410. The molecule has 0 bridgehead atoms. The van der Waals surface area contributed by atoms with E-state index in [2.05, 4.69) is 5.32 Å². The topological polar surface area (TPSA) is 75.6 Å². The van der Waals surface area contributed by atoms with Crippen LogP contribution in [0.1, 0.15) is 13.8 Å². The Kier molecular flexibility index (Phi) is 8.89. The van der Waals surface area contributed by atoms with Gasteiger partial charge in [-0.3, -0.25) is 9.59 Å². The third kappa shape index (κ3) is 8.04. The highest BCUT2D eigenvalue weighted by molar-refractivity contribution is 7.99. The minimum Gasteiger partial charge on any atom is -0.481 e. The first kappa shape index (κ1) is 16.2. The van der Waals surface area contributed by atoms with Crippen LogP contribution in [-0.4, -0.2) is 48.8 Å². The molecule has 6 heteroatoms. The van der Waals surface area contributed by atoms with Crippen LogP contribution in [-0.2, 0) is 14.3 Å². The molecule has 0 radical (unpaired) electrons. The molecule has 5 nitrogen and oxygen atoms in total. The second-order valence-corrected chi connectivity index (χ2v) is 5.14. The lowest BCUT2D eigenvalue weighted by Gasteiger charge is -2.16. The van der Waals surface area contributed by atoms with Crippen LogP contribution in [0.25, 0.3) is 0 Å². The van der Waals surface area contributed by atoms with Gasteiger partial charge in [0.25, 0.3) is 0 Å². The highest BCUT2D eigenvalue weighted by Gasteiger charge is 2.21. The lowest BCUT2D eigenvalue weighted by molar-refractivity contribution is -0.143. The number of carboxylic acid groups (broad SMARTS) is 1. The Morgan fingerprint density at radius 1 is 1.41 bits per heavy atom. The molecule has 1 atom stereocenters. The number of carbonyl (C=O) groups excluding carboxylic acids is 1. The predicted octanol–water partition coefficient (Wildman–Crippen LogP) is 0.839. The van der Waals surface area contributed by atoms with Crippen LogP contribution in [0.3, 0.4) is 0 Å². The molecule has 0 aliphatic carbocycles. The highest BCUT2D eigenvalue weighted by atomic mass is 32.2. The van der Waals surface area contributed by atoms with E-state index in [-0.39, 0.29) is 18.4 Å². The van der Waals surface area contributed by atoms with Crippen molar-refractivity contribution >= 4 is 23.6 Å². The summed E-state index contributed by atoms with van der Waals surface area (Å²) in [5, 5.41) is 11.6. The third-order valence-electron chi connectivity index (χ3n) is 2.31. The molecule has 0 fully saturated rings. The number of thioether (sulfide) groups is 1. The van der Waals surface area contributed by atoms with E-state index in [9.17, 15) is 9.59 Å². The summed E-state index contributed by atoms with van der Waals surface area (Å²) < 4.78 is 4.85. The van der Waals surface area contributed by atoms with Crippen molar-refractivity contribution in [3.8, 4) is 0 Å². The van der Waals surface area contributed by atoms with Crippen LogP contribution in [0.5, 0.6) is 0 Å². The van der Waals surface area contributed by atoms with Gasteiger partial charge in [0.1, 0.15) is 0 Å². The van der Waals surface area contributed by atoms with Gasteiger partial charge in [0.2, 0.25) is 5.91 Å². The van der Waals surface area contributed by atoms with Gasteiger partial charge in [0.15, 0.2) is 0 Å². The number of aliphatic carboxylic acids is 1. The number of nitrogens with one attached hydrogen (secondary N) is 1. The van der Waals surface area contributed by atoms with Crippen molar-refractivity contribution in [2.24, 2.45) is 11.8 Å². The largest absolute Gasteiger partial charge is 0.481 e. The molecule has 17 heavy (non-hydrogen) atoms. The predicted molar refractivity (Wildman–Crippen MR) is 68.2 cm³/mol. The van der Waals surface area contributed by atoms with E-state index in [1.54, 1.807) is 7.11 Å². The zero-order chi connectivity index (χ0) is 13.3. The standard InChI is InChI=1S/C11H21NO4S/c1-8(2)9(11(14)15)6-12-10(13)7-17-5-4-16-3/h8-9H,4-7H2,1-3H3,(H,12,13)(H,14,15). The molecule has 1 unspecified atom stereocenters. The van der Waals surface area contributed by atoms with Crippen LogP contribution in [0, 0.1) is 11.8 Å². The minimum atomic E-state index is -0.868. The fraction of sp³-hybridized carbons (Fsp3) is 0.818. The van der Waals surface area contributed by atoms with Gasteiger partial charge >= 0.3 is 5.97 Å². The average molecular weight is 263 g/mol. The number of hydrogen-bond acceptors (Lipinski definition) is 4. The van der Waals surface area contributed by atoms with E-state index in [1.165, 1.54) is 11.8 Å². The number of methoxy groups -OCH3 is 1.